The van der Waals surface area contributed by atoms with Crippen molar-refractivity contribution in [2.24, 2.45) is 23.2 Å². The Balaban J connectivity index is 2.87. The van der Waals surface area contributed by atoms with Gasteiger partial charge < -0.3 is 4.74 Å². The molecule has 4 atom stereocenters. The Labute approximate surface area is 137 Å². The highest BCUT2D eigenvalue weighted by Crippen LogP contribution is 2.36. The lowest BCUT2D eigenvalue weighted by Crippen LogP contribution is -2.40. The lowest BCUT2D eigenvalue weighted by Gasteiger charge is -2.36. The van der Waals surface area contributed by atoms with Crippen LogP contribution in [-0.4, -0.2) is 11.6 Å². The Morgan fingerprint density at radius 3 is 2.55 bits per heavy atom. The quantitative estimate of drug-likeness (QED) is 0.476. The highest BCUT2D eigenvalue weighted by atomic mass is 16.6. The zero-order chi connectivity index (χ0) is 17.0. The molecular weight excluding hydrogens is 272 g/mol. The smallest absolute Gasteiger partial charge is 0.312 e. The van der Waals surface area contributed by atoms with Crippen LogP contribution in [0.1, 0.15) is 80.6 Å². The molecule has 0 aromatic carbocycles. The number of rotatable bonds is 5. The predicted octanol–water partition coefficient (Wildman–Crippen LogP) is 5.76. The average molecular weight is 309 g/mol. The summed E-state index contributed by atoms with van der Waals surface area (Å²) >= 11 is 0. The van der Waals surface area contributed by atoms with E-state index < -0.39 is 5.60 Å². The topological polar surface area (TPSA) is 26.3 Å². The molecule has 22 heavy (non-hydrogen) atoms. The number of carbonyl (C=O) groups is 1. The van der Waals surface area contributed by atoms with Gasteiger partial charge in [0.15, 0.2) is 0 Å². The van der Waals surface area contributed by atoms with Gasteiger partial charge in [0.1, 0.15) is 5.60 Å². The highest BCUT2D eigenvalue weighted by Gasteiger charge is 2.38. The molecule has 0 bridgehead atoms. The van der Waals surface area contributed by atoms with Crippen molar-refractivity contribution in [2.45, 2.75) is 86.2 Å². The molecule has 0 aliphatic heterocycles. The number of carbonyl (C=O) groups excluding carboxylic acids is 1. The van der Waals surface area contributed by atoms with E-state index in [2.05, 4.69) is 60.6 Å². The summed E-state index contributed by atoms with van der Waals surface area (Å²) in [5.41, 5.74) is -0.825. The fraction of sp³-hybridized carbons (Fsp3) is 0.850. The highest BCUT2D eigenvalue weighted by molar-refractivity contribution is 5.77. The number of hydrogen-bond acceptors (Lipinski definition) is 2. The van der Waals surface area contributed by atoms with Crippen LogP contribution in [0.4, 0.5) is 0 Å². The van der Waals surface area contributed by atoms with Crippen LogP contribution in [0.15, 0.2) is 12.2 Å². The molecule has 2 heteroatoms. The van der Waals surface area contributed by atoms with Crippen molar-refractivity contribution in [2.75, 3.05) is 0 Å². The van der Waals surface area contributed by atoms with Crippen LogP contribution in [-0.2, 0) is 9.53 Å². The maximum atomic E-state index is 12.8. The number of ether oxygens (including phenoxy) is 1. The van der Waals surface area contributed by atoms with E-state index in [-0.39, 0.29) is 11.4 Å². The van der Waals surface area contributed by atoms with Gasteiger partial charge >= 0.3 is 5.97 Å². The van der Waals surface area contributed by atoms with E-state index in [9.17, 15) is 4.79 Å². The summed E-state index contributed by atoms with van der Waals surface area (Å²) in [6.45, 7) is 15.1. The molecule has 0 radical (unpaired) electrons. The molecule has 0 aromatic rings. The second-order valence-corrected chi connectivity index (χ2v) is 8.50. The van der Waals surface area contributed by atoms with Crippen molar-refractivity contribution in [1.29, 1.82) is 0 Å². The zero-order valence-electron chi connectivity index (χ0n) is 15.7. The normalized spacial score (nSPS) is 32.2. The van der Waals surface area contributed by atoms with E-state index in [0.717, 1.165) is 25.7 Å². The molecule has 1 aliphatic rings. The minimum absolute atomic E-state index is 0.0309. The van der Waals surface area contributed by atoms with Gasteiger partial charge in [0.25, 0.3) is 0 Å². The van der Waals surface area contributed by atoms with Crippen LogP contribution in [0, 0.1) is 23.2 Å². The second kappa shape index (κ2) is 7.66. The van der Waals surface area contributed by atoms with Crippen LogP contribution < -0.4 is 0 Å². The molecule has 0 fully saturated rings. The summed E-state index contributed by atoms with van der Waals surface area (Å²) < 4.78 is 6.05. The van der Waals surface area contributed by atoms with E-state index in [0.29, 0.717) is 17.8 Å². The van der Waals surface area contributed by atoms with Crippen LogP contribution in [0.2, 0.25) is 0 Å². The summed E-state index contributed by atoms with van der Waals surface area (Å²) in [6.07, 6.45) is 9.24. The minimum atomic E-state index is -0.454. The van der Waals surface area contributed by atoms with Gasteiger partial charge in [-0.25, -0.2) is 0 Å². The minimum Gasteiger partial charge on any atom is -0.455 e. The zero-order valence-corrected chi connectivity index (χ0v) is 15.7. The van der Waals surface area contributed by atoms with E-state index in [1.54, 1.807) is 0 Å². The van der Waals surface area contributed by atoms with E-state index in [1.807, 2.05) is 0 Å². The van der Waals surface area contributed by atoms with Gasteiger partial charge in [0.05, 0.1) is 5.41 Å². The average Bonchev–Trinajstić information content (AvgIpc) is 2.35. The molecule has 2 nitrogen and oxygen atoms in total. The molecular formula is C20H36O2. The summed E-state index contributed by atoms with van der Waals surface area (Å²) in [5, 5.41) is 0. The fourth-order valence-corrected chi connectivity index (χ4v) is 3.86. The molecule has 0 spiro atoms. The standard InChI is InChI=1S/C20H36O2/c1-8-19(6,13-15(2)3)18(21)22-20(7)11-9-10-16(4)12-17(5)14-20/h9,11,15-17H,8,10,12-14H2,1-7H3. The Hall–Kier alpha value is -0.790. The predicted molar refractivity (Wildman–Crippen MR) is 93.7 cm³/mol. The van der Waals surface area contributed by atoms with Crippen molar-refractivity contribution in [3.63, 3.8) is 0 Å². The summed E-state index contributed by atoms with van der Waals surface area (Å²) in [5.74, 6) is 1.76. The second-order valence-electron chi connectivity index (χ2n) is 8.50. The third-order valence-corrected chi connectivity index (χ3v) is 5.03. The first kappa shape index (κ1) is 19.3. The summed E-state index contributed by atoms with van der Waals surface area (Å²) in [7, 11) is 0. The largest absolute Gasteiger partial charge is 0.455 e. The molecule has 128 valence electrons. The molecule has 0 saturated heterocycles. The van der Waals surface area contributed by atoms with Crippen molar-refractivity contribution in [1.82, 2.24) is 0 Å². The lowest BCUT2D eigenvalue weighted by molar-refractivity contribution is -0.168. The van der Waals surface area contributed by atoms with Crippen molar-refractivity contribution in [3.8, 4) is 0 Å². The molecule has 0 heterocycles. The Morgan fingerprint density at radius 1 is 1.36 bits per heavy atom. The van der Waals surface area contributed by atoms with E-state index in [4.69, 9.17) is 4.74 Å². The molecule has 0 aromatic heterocycles. The lowest BCUT2D eigenvalue weighted by atomic mass is 9.79. The van der Waals surface area contributed by atoms with Crippen LogP contribution >= 0.6 is 0 Å². The molecule has 0 amide bonds. The molecule has 1 rings (SSSR count). The Morgan fingerprint density at radius 2 is 2.00 bits per heavy atom. The third-order valence-electron chi connectivity index (χ3n) is 5.03. The van der Waals surface area contributed by atoms with Crippen molar-refractivity contribution >= 4 is 5.97 Å². The van der Waals surface area contributed by atoms with Gasteiger partial charge in [-0.3, -0.25) is 4.79 Å². The van der Waals surface area contributed by atoms with Gasteiger partial charge in [-0.05, 0) is 69.8 Å². The van der Waals surface area contributed by atoms with Crippen molar-refractivity contribution < 1.29 is 9.53 Å². The van der Waals surface area contributed by atoms with E-state index >= 15 is 0 Å². The van der Waals surface area contributed by atoms with Gasteiger partial charge in [-0.1, -0.05) is 40.7 Å². The molecule has 1 aliphatic carbocycles. The van der Waals surface area contributed by atoms with Gasteiger partial charge in [-0.15, -0.1) is 0 Å². The van der Waals surface area contributed by atoms with Crippen molar-refractivity contribution in [3.05, 3.63) is 12.2 Å². The number of esters is 1. The van der Waals surface area contributed by atoms with Gasteiger partial charge in [0, 0.05) is 0 Å². The molecule has 0 N–H and O–H groups in total. The first-order valence-electron chi connectivity index (χ1n) is 9.01. The number of allylic oxidation sites excluding steroid dienone is 1. The Kier molecular flexibility index (Phi) is 6.70. The van der Waals surface area contributed by atoms with Gasteiger partial charge in [-0.2, -0.15) is 0 Å². The SMILES string of the molecule is CCC(C)(CC(C)C)C(=O)OC1(C)C=CCC(C)CC(C)C1. The summed E-state index contributed by atoms with van der Waals surface area (Å²) in [6, 6.07) is 0. The Bertz CT molecular complexity index is 399. The van der Waals surface area contributed by atoms with Crippen LogP contribution in [0.5, 0.6) is 0 Å². The molecule has 0 saturated carbocycles. The number of hydrogen-bond donors (Lipinski definition) is 0. The maximum absolute atomic E-state index is 12.8. The first-order valence-corrected chi connectivity index (χ1v) is 9.01. The van der Waals surface area contributed by atoms with Crippen LogP contribution in [0.25, 0.3) is 0 Å². The fourth-order valence-electron chi connectivity index (χ4n) is 3.86. The van der Waals surface area contributed by atoms with E-state index in [1.165, 1.54) is 6.42 Å². The molecule has 4 unspecified atom stereocenters. The summed E-state index contributed by atoms with van der Waals surface area (Å²) in [4.78, 5) is 12.8. The first-order chi connectivity index (χ1) is 10.1. The third kappa shape index (κ3) is 5.44. The maximum Gasteiger partial charge on any atom is 0.312 e. The monoisotopic (exact) mass is 308 g/mol. The van der Waals surface area contributed by atoms with Crippen LogP contribution in [0.3, 0.4) is 0 Å². The van der Waals surface area contributed by atoms with Gasteiger partial charge in [0.2, 0.25) is 0 Å².